The summed E-state index contributed by atoms with van der Waals surface area (Å²) in [6, 6.07) is 6.57. The number of hydrogen-bond donors (Lipinski definition) is 2. The summed E-state index contributed by atoms with van der Waals surface area (Å²) in [6.07, 6.45) is 1.31. The number of aryl methyl sites for hydroxylation is 1. The maximum absolute atomic E-state index is 12.5. The van der Waals surface area contributed by atoms with Gasteiger partial charge in [0.1, 0.15) is 11.2 Å². The SMILES string of the molecule is CON(Cc1ccc(C(=O)OC(C)(C)C)cc1)C(=O)c1cn(C)c(O)c1O. The summed E-state index contributed by atoms with van der Waals surface area (Å²) >= 11 is 0. The molecule has 0 unspecified atom stereocenters. The number of esters is 1. The Morgan fingerprint density at radius 1 is 1.15 bits per heavy atom. The lowest BCUT2D eigenvalue weighted by atomic mass is 10.1. The van der Waals surface area contributed by atoms with Crippen molar-refractivity contribution in [1.82, 2.24) is 9.63 Å². The van der Waals surface area contributed by atoms with E-state index in [0.29, 0.717) is 11.1 Å². The second-order valence-electron chi connectivity index (χ2n) is 7.05. The van der Waals surface area contributed by atoms with E-state index in [1.807, 2.05) is 0 Å². The summed E-state index contributed by atoms with van der Waals surface area (Å²) in [6.45, 7) is 5.45. The Morgan fingerprint density at radius 2 is 1.74 bits per heavy atom. The predicted octanol–water partition coefficient (Wildman–Crippen LogP) is 2.60. The van der Waals surface area contributed by atoms with Gasteiger partial charge in [0.25, 0.3) is 5.91 Å². The maximum Gasteiger partial charge on any atom is 0.338 e. The number of aromatic nitrogens is 1. The van der Waals surface area contributed by atoms with Gasteiger partial charge in [0.15, 0.2) is 5.75 Å². The van der Waals surface area contributed by atoms with Gasteiger partial charge < -0.3 is 19.5 Å². The molecule has 0 atom stereocenters. The van der Waals surface area contributed by atoms with Crippen LogP contribution in [0.5, 0.6) is 11.6 Å². The minimum absolute atomic E-state index is 0.0813. The molecule has 8 heteroatoms. The highest BCUT2D eigenvalue weighted by Crippen LogP contribution is 2.31. The molecule has 8 nitrogen and oxygen atoms in total. The van der Waals surface area contributed by atoms with Crippen LogP contribution in [0.3, 0.4) is 0 Å². The predicted molar refractivity (Wildman–Crippen MR) is 97.2 cm³/mol. The monoisotopic (exact) mass is 376 g/mol. The molecule has 0 aliphatic carbocycles. The molecule has 0 saturated heterocycles. The van der Waals surface area contributed by atoms with Crippen molar-refractivity contribution in [2.24, 2.45) is 7.05 Å². The molecule has 0 aliphatic rings. The van der Waals surface area contributed by atoms with Crippen molar-refractivity contribution < 1.29 is 29.4 Å². The molecule has 0 aliphatic heterocycles. The molecule has 2 aromatic rings. The van der Waals surface area contributed by atoms with Gasteiger partial charge in [-0.2, -0.15) is 0 Å². The van der Waals surface area contributed by atoms with Crippen LogP contribution >= 0.6 is 0 Å². The number of hydrogen-bond acceptors (Lipinski definition) is 6. The number of rotatable bonds is 5. The lowest BCUT2D eigenvalue weighted by Gasteiger charge is -2.20. The summed E-state index contributed by atoms with van der Waals surface area (Å²) in [5.74, 6) is -1.96. The lowest BCUT2D eigenvalue weighted by molar-refractivity contribution is -0.102. The molecular weight excluding hydrogens is 352 g/mol. The molecule has 0 spiro atoms. The topological polar surface area (TPSA) is 101 Å². The molecule has 27 heavy (non-hydrogen) atoms. The third-order valence-electron chi connectivity index (χ3n) is 3.72. The van der Waals surface area contributed by atoms with Crippen molar-refractivity contribution in [3.05, 3.63) is 47.2 Å². The van der Waals surface area contributed by atoms with Gasteiger partial charge in [0.05, 0.1) is 19.2 Å². The van der Waals surface area contributed by atoms with Crippen LogP contribution in [0.15, 0.2) is 30.5 Å². The van der Waals surface area contributed by atoms with E-state index in [4.69, 9.17) is 9.57 Å². The molecule has 1 aromatic heterocycles. The van der Waals surface area contributed by atoms with Gasteiger partial charge in [-0.05, 0) is 38.5 Å². The third-order valence-corrected chi connectivity index (χ3v) is 3.72. The zero-order valence-electron chi connectivity index (χ0n) is 16.0. The first-order valence-electron chi connectivity index (χ1n) is 8.29. The van der Waals surface area contributed by atoms with Gasteiger partial charge in [-0.1, -0.05) is 12.1 Å². The summed E-state index contributed by atoms with van der Waals surface area (Å²) in [4.78, 5) is 29.7. The van der Waals surface area contributed by atoms with Crippen molar-refractivity contribution in [3.63, 3.8) is 0 Å². The van der Waals surface area contributed by atoms with Crippen LogP contribution in [0.25, 0.3) is 0 Å². The number of carbonyl (C=O) groups excluding carboxylic acids is 2. The van der Waals surface area contributed by atoms with E-state index in [9.17, 15) is 19.8 Å². The van der Waals surface area contributed by atoms with Crippen LogP contribution in [0.2, 0.25) is 0 Å². The molecule has 1 heterocycles. The van der Waals surface area contributed by atoms with Gasteiger partial charge in [-0.3, -0.25) is 9.63 Å². The first-order chi connectivity index (χ1) is 12.5. The molecule has 0 saturated carbocycles. The molecule has 2 rings (SSSR count). The summed E-state index contributed by atoms with van der Waals surface area (Å²) in [5.41, 5.74) is 0.437. The number of benzene rings is 1. The minimum atomic E-state index is -0.609. The first-order valence-corrected chi connectivity index (χ1v) is 8.29. The highest BCUT2D eigenvalue weighted by Gasteiger charge is 2.24. The van der Waals surface area contributed by atoms with E-state index in [0.717, 1.165) is 5.06 Å². The van der Waals surface area contributed by atoms with Crippen LogP contribution in [0, 0.1) is 0 Å². The molecular formula is C19H24N2O6. The molecule has 2 N–H and O–H groups in total. The molecule has 0 radical (unpaired) electrons. The first kappa shape index (κ1) is 20.3. The Labute approximate surface area is 157 Å². The molecule has 146 valence electrons. The average Bonchev–Trinajstić information content (AvgIpc) is 2.85. The zero-order valence-corrected chi connectivity index (χ0v) is 16.0. The van der Waals surface area contributed by atoms with E-state index in [1.54, 1.807) is 45.0 Å². The summed E-state index contributed by atoms with van der Waals surface area (Å²) in [7, 11) is 2.82. The molecule has 1 amide bonds. The van der Waals surface area contributed by atoms with Gasteiger partial charge in [0.2, 0.25) is 5.88 Å². The van der Waals surface area contributed by atoms with Crippen molar-refractivity contribution in [3.8, 4) is 11.6 Å². The smallest absolute Gasteiger partial charge is 0.338 e. The Hall–Kier alpha value is -3.00. The molecule has 0 fully saturated rings. The summed E-state index contributed by atoms with van der Waals surface area (Å²) in [5, 5.41) is 20.5. The fourth-order valence-electron chi connectivity index (χ4n) is 2.36. The van der Waals surface area contributed by atoms with Gasteiger partial charge in [-0.25, -0.2) is 9.86 Å². The van der Waals surface area contributed by atoms with E-state index in [-0.39, 0.29) is 12.1 Å². The second kappa shape index (κ2) is 7.71. The second-order valence-corrected chi connectivity index (χ2v) is 7.05. The Morgan fingerprint density at radius 3 is 2.19 bits per heavy atom. The van der Waals surface area contributed by atoms with E-state index < -0.39 is 29.1 Å². The minimum Gasteiger partial charge on any atom is -0.503 e. The Bertz CT molecular complexity index is 833. The summed E-state index contributed by atoms with van der Waals surface area (Å²) < 4.78 is 6.53. The number of aromatic hydroxyl groups is 2. The number of carbonyl (C=O) groups is 2. The average molecular weight is 376 g/mol. The normalized spacial score (nSPS) is 11.3. The molecule has 0 bridgehead atoms. The number of hydroxylamine groups is 2. The van der Waals surface area contributed by atoms with Gasteiger partial charge in [-0.15, -0.1) is 0 Å². The van der Waals surface area contributed by atoms with Crippen LogP contribution in [0.1, 0.15) is 47.1 Å². The van der Waals surface area contributed by atoms with Crippen molar-refractivity contribution >= 4 is 11.9 Å². The van der Waals surface area contributed by atoms with Crippen molar-refractivity contribution in [1.29, 1.82) is 0 Å². The van der Waals surface area contributed by atoms with Crippen LogP contribution < -0.4 is 0 Å². The standard InChI is InChI=1S/C19H24N2O6/c1-19(2,3)27-18(25)13-8-6-12(7-9-13)10-21(26-5)16(23)14-11-20(4)17(24)15(14)22/h6-9,11,22,24H,10H2,1-5H3. The Balaban J connectivity index is 2.13. The highest BCUT2D eigenvalue weighted by atomic mass is 16.7. The quantitative estimate of drug-likeness (QED) is 0.614. The van der Waals surface area contributed by atoms with Gasteiger partial charge >= 0.3 is 5.97 Å². The van der Waals surface area contributed by atoms with Crippen molar-refractivity contribution in [2.75, 3.05) is 7.11 Å². The van der Waals surface area contributed by atoms with Gasteiger partial charge in [0, 0.05) is 13.2 Å². The maximum atomic E-state index is 12.5. The van der Waals surface area contributed by atoms with Crippen LogP contribution in [-0.4, -0.2) is 44.4 Å². The van der Waals surface area contributed by atoms with Crippen molar-refractivity contribution in [2.45, 2.75) is 32.9 Å². The molecule has 1 aromatic carbocycles. The number of amides is 1. The number of nitrogens with zero attached hydrogens (tertiary/aromatic N) is 2. The van der Waals surface area contributed by atoms with E-state index >= 15 is 0 Å². The largest absolute Gasteiger partial charge is 0.503 e. The number of ether oxygens (including phenoxy) is 1. The van der Waals surface area contributed by atoms with Crippen LogP contribution in [0.4, 0.5) is 0 Å². The highest BCUT2D eigenvalue weighted by molar-refractivity contribution is 5.97. The fraction of sp³-hybridized carbons (Fsp3) is 0.368. The Kier molecular flexibility index (Phi) is 5.80. The van der Waals surface area contributed by atoms with Crippen LogP contribution in [-0.2, 0) is 23.2 Å². The zero-order chi connectivity index (χ0) is 20.4. The third kappa shape index (κ3) is 4.79. The lowest BCUT2D eigenvalue weighted by Crippen LogP contribution is -2.29. The van der Waals surface area contributed by atoms with E-state index in [2.05, 4.69) is 0 Å². The fourth-order valence-corrected chi connectivity index (χ4v) is 2.36. The van der Waals surface area contributed by atoms with E-state index in [1.165, 1.54) is 24.9 Å².